The van der Waals surface area contributed by atoms with Crippen LogP contribution in [0.2, 0.25) is 0 Å². The van der Waals surface area contributed by atoms with E-state index in [0.717, 1.165) is 18.4 Å². The molecule has 0 atom stereocenters. The third kappa shape index (κ3) is 3.14. The maximum Gasteiger partial charge on any atom is 0.356 e. The number of aromatic carboxylic acids is 1. The van der Waals surface area contributed by atoms with Crippen molar-refractivity contribution in [3.8, 4) is 0 Å². The van der Waals surface area contributed by atoms with Crippen LogP contribution in [0.5, 0.6) is 0 Å². The number of hydrogen-bond acceptors (Lipinski definition) is 6. The summed E-state index contributed by atoms with van der Waals surface area (Å²) in [7, 11) is -4.04. The molecule has 1 aliphatic rings. The Morgan fingerprint density at radius 3 is 2.65 bits per heavy atom. The van der Waals surface area contributed by atoms with Crippen molar-refractivity contribution in [2.75, 3.05) is 19.6 Å². The minimum Gasteiger partial charge on any atom is -0.476 e. The van der Waals surface area contributed by atoms with Gasteiger partial charge < -0.3 is 10.0 Å². The second-order valence-electron chi connectivity index (χ2n) is 4.21. The van der Waals surface area contributed by atoms with Crippen molar-refractivity contribution in [3.05, 3.63) is 11.2 Å². The number of nitrogens with one attached hydrogen (secondary N) is 1. The van der Waals surface area contributed by atoms with E-state index in [9.17, 15) is 18.0 Å². The topological polar surface area (TPSA) is 117 Å². The highest BCUT2D eigenvalue weighted by atomic mass is 32.2. The Labute approximate surface area is 119 Å². The molecule has 2 N–H and O–H groups in total. The molecule has 1 saturated heterocycles. The standard InChI is InChI=1S/C10H13N3O5S2/c14-7(13-3-1-2-4-13)5-12-20(17,18)10-8(9(15)16)11-6-19-10/h6,12H,1-5H2,(H,15,16). The van der Waals surface area contributed by atoms with E-state index in [1.165, 1.54) is 0 Å². The van der Waals surface area contributed by atoms with Crippen LogP contribution in [-0.2, 0) is 14.8 Å². The average molecular weight is 319 g/mol. The second-order valence-corrected chi connectivity index (χ2v) is 7.02. The first-order valence-corrected chi connectivity index (χ1v) is 8.22. The lowest BCUT2D eigenvalue weighted by molar-refractivity contribution is -0.128. The first-order chi connectivity index (χ1) is 9.42. The third-order valence-corrected chi connectivity index (χ3v) is 5.62. The van der Waals surface area contributed by atoms with Gasteiger partial charge in [0.2, 0.25) is 5.91 Å². The fraction of sp³-hybridized carbons (Fsp3) is 0.500. The van der Waals surface area contributed by atoms with Gasteiger partial charge in [0.1, 0.15) is 0 Å². The number of carbonyl (C=O) groups is 2. The normalized spacial score (nSPS) is 15.5. The maximum atomic E-state index is 12.0. The van der Waals surface area contributed by atoms with Crippen molar-refractivity contribution in [1.29, 1.82) is 0 Å². The number of nitrogens with zero attached hydrogens (tertiary/aromatic N) is 2. The van der Waals surface area contributed by atoms with Gasteiger partial charge in [-0.1, -0.05) is 0 Å². The SMILES string of the molecule is O=C(O)c1ncsc1S(=O)(=O)NCC(=O)N1CCCC1. The third-order valence-electron chi connectivity index (χ3n) is 2.85. The van der Waals surface area contributed by atoms with Gasteiger partial charge in [-0.2, -0.15) is 0 Å². The van der Waals surface area contributed by atoms with E-state index in [1.54, 1.807) is 4.90 Å². The molecule has 2 rings (SSSR count). The summed E-state index contributed by atoms with van der Waals surface area (Å²) in [5.41, 5.74) is 0.608. The smallest absolute Gasteiger partial charge is 0.356 e. The van der Waals surface area contributed by atoms with E-state index in [0.29, 0.717) is 24.4 Å². The maximum absolute atomic E-state index is 12.0. The van der Waals surface area contributed by atoms with Crippen molar-refractivity contribution in [3.63, 3.8) is 0 Å². The molecule has 20 heavy (non-hydrogen) atoms. The zero-order chi connectivity index (χ0) is 14.8. The zero-order valence-electron chi connectivity index (χ0n) is 10.4. The molecule has 0 radical (unpaired) electrons. The van der Waals surface area contributed by atoms with Gasteiger partial charge in [-0.3, -0.25) is 4.79 Å². The lowest BCUT2D eigenvalue weighted by Crippen LogP contribution is -2.38. The number of sulfonamides is 1. The quantitative estimate of drug-likeness (QED) is 0.772. The Bertz CT molecular complexity index is 619. The molecular weight excluding hydrogens is 306 g/mol. The molecule has 10 heteroatoms. The van der Waals surface area contributed by atoms with Gasteiger partial charge in [-0.25, -0.2) is 22.9 Å². The Morgan fingerprint density at radius 1 is 1.40 bits per heavy atom. The van der Waals surface area contributed by atoms with E-state index >= 15 is 0 Å². The molecule has 0 saturated carbocycles. The molecule has 0 aliphatic carbocycles. The van der Waals surface area contributed by atoms with Gasteiger partial charge >= 0.3 is 5.97 Å². The Hall–Kier alpha value is -1.52. The van der Waals surface area contributed by atoms with Crippen LogP contribution in [-0.4, -0.2) is 54.9 Å². The number of carboxylic acid groups (broad SMARTS) is 1. The molecular formula is C10H13N3O5S2. The Balaban J connectivity index is 2.05. The molecule has 1 fully saturated rings. The highest BCUT2D eigenvalue weighted by molar-refractivity contribution is 7.91. The van der Waals surface area contributed by atoms with Crippen molar-refractivity contribution in [2.24, 2.45) is 0 Å². The van der Waals surface area contributed by atoms with E-state index in [-0.39, 0.29) is 16.7 Å². The molecule has 1 aromatic heterocycles. The first kappa shape index (κ1) is 14.9. The molecule has 110 valence electrons. The molecule has 2 heterocycles. The highest BCUT2D eigenvalue weighted by Gasteiger charge is 2.27. The number of aromatic nitrogens is 1. The number of thiazole rings is 1. The number of hydrogen-bond donors (Lipinski definition) is 2. The second kappa shape index (κ2) is 5.85. The summed E-state index contributed by atoms with van der Waals surface area (Å²) in [6.45, 7) is 0.877. The van der Waals surface area contributed by atoms with Crippen LogP contribution in [0.4, 0.5) is 0 Å². The van der Waals surface area contributed by atoms with Crippen molar-refractivity contribution in [2.45, 2.75) is 17.1 Å². The molecule has 0 aromatic carbocycles. The minimum absolute atomic E-state index is 0.313. The summed E-state index contributed by atoms with van der Waals surface area (Å²) >= 11 is 0.701. The fourth-order valence-corrected chi connectivity index (χ4v) is 4.03. The van der Waals surface area contributed by atoms with Gasteiger partial charge in [0.15, 0.2) is 9.90 Å². The number of rotatable bonds is 5. The molecule has 1 amide bonds. The lowest BCUT2D eigenvalue weighted by Gasteiger charge is -2.15. The van der Waals surface area contributed by atoms with Gasteiger partial charge in [0.05, 0.1) is 12.1 Å². The van der Waals surface area contributed by atoms with Gasteiger partial charge in [-0.05, 0) is 12.8 Å². The van der Waals surface area contributed by atoms with E-state index in [1.807, 2.05) is 0 Å². The molecule has 0 spiro atoms. The largest absolute Gasteiger partial charge is 0.476 e. The van der Waals surface area contributed by atoms with Crippen molar-refractivity contribution in [1.82, 2.24) is 14.6 Å². The van der Waals surface area contributed by atoms with Crippen molar-refractivity contribution >= 4 is 33.2 Å². The zero-order valence-corrected chi connectivity index (χ0v) is 12.0. The summed E-state index contributed by atoms with van der Waals surface area (Å²) in [4.78, 5) is 27.7. The fourth-order valence-electron chi connectivity index (χ4n) is 1.87. The van der Waals surface area contributed by atoms with Crippen molar-refractivity contribution < 1.29 is 23.1 Å². The summed E-state index contributed by atoms with van der Waals surface area (Å²) in [5.74, 6) is -1.73. The first-order valence-electron chi connectivity index (χ1n) is 5.86. The average Bonchev–Trinajstić information content (AvgIpc) is 3.06. The number of carbonyl (C=O) groups excluding carboxylic acids is 1. The van der Waals surface area contributed by atoms with Crippen LogP contribution in [0.3, 0.4) is 0 Å². The predicted octanol–water partition coefficient (Wildman–Crippen LogP) is -0.258. The van der Waals surface area contributed by atoms with Gasteiger partial charge in [0, 0.05) is 13.1 Å². The van der Waals surface area contributed by atoms with Crippen LogP contribution >= 0.6 is 11.3 Å². The molecule has 8 nitrogen and oxygen atoms in total. The van der Waals surface area contributed by atoms with E-state index in [4.69, 9.17) is 5.11 Å². The Kier molecular flexibility index (Phi) is 4.35. The van der Waals surface area contributed by atoms with Crippen LogP contribution < -0.4 is 4.72 Å². The highest BCUT2D eigenvalue weighted by Crippen LogP contribution is 2.19. The summed E-state index contributed by atoms with van der Waals surface area (Å²) in [6.07, 6.45) is 1.83. The molecule has 0 unspecified atom stereocenters. The number of carboxylic acids is 1. The summed E-state index contributed by atoms with van der Waals surface area (Å²) in [5, 5.41) is 8.84. The summed E-state index contributed by atoms with van der Waals surface area (Å²) < 4.78 is 25.7. The number of amides is 1. The van der Waals surface area contributed by atoms with Crippen LogP contribution in [0.1, 0.15) is 23.3 Å². The van der Waals surface area contributed by atoms with Gasteiger partial charge in [-0.15, -0.1) is 11.3 Å². The van der Waals surface area contributed by atoms with Crippen LogP contribution in [0, 0.1) is 0 Å². The Morgan fingerprint density at radius 2 is 2.05 bits per heavy atom. The molecule has 1 aliphatic heterocycles. The molecule has 1 aromatic rings. The number of likely N-dealkylation sites (tertiary alicyclic amines) is 1. The van der Waals surface area contributed by atoms with Crippen LogP contribution in [0.15, 0.2) is 9.72 Å². The monoisotopic (exact) mass is 319 g/mol. The van der Waals surface area contributed by atoms with E-state index < -0.39 is 21.7 Å². The van der Waals surface area contributed by atoms with Crippen LogP contribution in [0.25, 0.3) is 0 Å². The lowest BCUT2D eigenvalue weighted by atomic mass is 10.4. The predicted molar refractivity (Wildman–Crippen MR) is 70.1 cm³/mol. The van der Waals surface area contributed by atoms with E-state index in [2.05, 4.69) is 9.71 Å². The summed E-state index contributed by atoms with van der Waals surface area (Å²) in [6, 6.07) is 0. The minimum atomic E-state index is -4.04. The molecule has 0 bridgehead atoms. The van der Waals surface area contributed by atoms with Gasteiger partial charge in [0.25, 0.3) is 10.0 Å².